The topological polar surface area (TPSA) is 102 Å². The maximum Gasteiger partial charge on any atom is 0.354 e. The lowest BCUT2D eigenvalue weighted by atomic mass is 10.1. The van der Waals surface area contributed by atoms with Gasteiger partial charge in [-0.15, -0.1) is 11.3 Å². The summed E-state index contributed by atoms with van der Waals surface area (Å²) < 4.78 is 6.32. The zero-order valence-electron chi connectivity index (χ0n) is 14.7. The number of hydrogen-bond acceptors (Lipinski definition) is 6. The molecule has 3 heterocycles. The van der Waals surface area contributed by atoms with Crippen LogP contribution >= 0.6 is 11.3 Å². The zero-order chi connectivity index (χ0) is 19.5. The standard InChI is InChI=1S/C19H15N5O3S/c1-27-18(26)14-9-12(10-20-14)15-11-28-19(22-15)23-17(25)13-5-2-3-6-16(13)24-8-4-7-21-24/h2-11,20H,1H3,(H,22,23,25). The normalized spacial score (nSPS) is 10.6. The number of methoxy groups -OCH3 is 1. The van der Waals surface area contributed by atoms with E-state index in [-0.39, 0.29) is 5.91 Å². The van der Waals surface area contributed by atoms with Crippen molar-refractivity contribution in [1.29, 1.82) is 0 Å². The highest BCUT2D eigenvalue weighted by Gasteiger charge is 2.16. The van der Waals surface area contributed by atoms with Gasteiger partial charge in [0, 0.05) is 29.5 Å². The van der Waals surface area contributed by atoms with E-state index in [0.29, 0.717) is 27.8 Å². The predicted octanol–water partition coefficient (Wildman–Crippen LogP) is 3.36. The van der Waals surface area contributed by atoms with Crippen molar-refractivity contribution in [1.82, 2.24) is 19.7 Å². The number of H-pyrrole nitrogens is 1. The first-order valence-corrected chi connectivity index (χ1v) is 9.16. The number of hydrogen-bond donors (Lipinski definition) is 2. The lowest BCUT2D eigenvalue weighted by molar-refractivity contribution is 0.0594. The van der Waals surface area contributed by atoms with Gasteiger partial charge in [-0.2, -0.15) is 5.10 Å². The summed E-state index contributed by atoms with van der Waals surface area (Å²) in [6, 6.07) is 10.6. The molecule has 0 fully saturated rings. The van der Waals surface area contributed by atoms with Crippen LogP contribution in [0.5, 0.6) is 0 Å². The molecule has 0 saturated heterocycles. The van der Waals surface area contributed by atoms with Gasteiger partial charge in [0.2, 0.25) is 0 Å². The monoisotopic (exact) mass is 393 g/mol. The molecule has 2 N–H and O–H groups in total. The zero-order valence-corrected chi connectivity index (χ0v) is 15.6. The third kappa shape index (κ3) is 3.42. The number of carbonyl (C=O) groups is 2. The van der Waals surface area contributed by atoms with E-state index in [4.69, 9.17) is 0 Å². The predicted molar refractivity (Wildman–Crippen MR) is 105 cm³/mol. The minimum Gasteiger partial charge on any atom is -0.464 e. The number of anilines is 1. The number of thiazole rings is 1. The first-order chi connectivity index (χ1) is 13.7. The molecule has 0 atom stereocenters. The number of para-hydroxylation sites is 1. The number of aromatic nitrogens is 4. The van der Waals surface area contributed by atoms with Gasteiger partial charge in [-0.1, -0.05) is 12.1 Å². The number of rotatable bonds is 5. The summed E-state index contributed by atoms with van der Waals surface area (Å²) in [7, 11) is 1.32. The van der Waals surface area contributed by atoms with Crippen molar-refractivity contribution in [3.8, 4) is 16.9 Å². The van der Waals surface area contributed by atoms with Crippen molar-refractivity contribution in [2.24, 2.45) is 0 Å². The van der Waals surface area contributed by atoms with Crippen LogP contribution in [0.4, 0.5) is 5.13 Å². The Kier molecular flexibility index (Phi) is 4.73. The Morgan fingerprint density at radius 2 is 2.11 bits per heavy atom. The first-order valence-electron chi connectivity index (χ1n) is 8.29. The summed E-state index contributed by atoms with van der Waals surface area (Å²) in [6.07, 6.45) is 5.10. The van der Waals surface area contributed by atoms with E-state index in [2.05, 4.69) is 25.1 Å². The highest BCUT2D eigenvalue weighted by Crippen LogP contribution is 2.26. The van der Waals surface area contributed by atoms with Gasteiger partial charge >= 0.3 is 5.97 Å². The maximum atomic E-state index is 12.8. The van der Waals surface area contributed by atoms with Crippen LogP contribution in [-0.2, 0) is 4.74 Å². The van der Waals surface area contributed by atoms with Crippen LogP contribution in [-0.4, -0.2) is 38.7 Å². The molecular weight excluding hydrogens is 378 g/mol. The van der Waals surface area contributed by atoms with Crippen molar-refractivity contribution in [2.75, 3.05) is 12.4 Å². The summed E-state index contributed by atoms with van der Waals surface area (Å²) in [4.78, 5) is 31.6. The second-order valence-electron chi connectivity index (χ2n) is 5.75. The average molecular weight is 393 g/mol. The van der Waals surface area contributed by atoms with E-state index < -0.39 is 5.97 Å². The van der Waals surface area contributed by atoms with Gasteiger partial charge in [0.1, 0.15) is 5.69 Å². The lowest BCUT2D eigenvalue weighted by Gasteiger charge is -2.08. The molecule has 0 bridgehead atoms. The summed E-state index contributed by atoms with van der Waals surface area (Å²) in [5.41, 5.74) is 2.87. The van der Waals surface area contributed by atoms with Crippen LogP contribution in [0.2, 0.25) is 0 Å². The SMILES string of the molecule is COC(=O)c1cc(-c2csc(NC(=O)c3ccccc3-n3cccn3)n2)c[nH]1. The highest BCUT2D eigenvalue weighted by molar-refractivity contribution is 7.14. The fourth-order valence-corrected chi connectivity index (χ4v) is 3.39. The van der Waals surface area contributed by atoms with Gasteiger partial charge in [-0.3, -0.25) is 10.1 Å². The van der Waals surface area contributed by atoms with Crippen LogP contribution in [0, 0.1) is 0 Å². The fourth-order valence-electron chi connectivity index (χ4n) is 2.67. The van der Waals surface area contributed by atoms with Gasteiger partial charge in [-0.25, -0.2) is 14.5 Å². The number of carbonyl (C=O) groups excluding carboxylic acids is 2. The van der Waals surface area contributed by atoms with Crippen molar-refractivity contribution in [3.63, 3.8) is 0 Å². The molecule has 9 heteroatoms. The van der Waals surface area contributed by atoms with Crippen molar-refractivity contribution in [3.05, 3.63) is 71.6 Å². The Bertz CT molecular complexity index is 1130. The lowest BCUT2D eigenvalue weighted by Crippen LogP contribution is -2.15. The summed E-state index contributed by atoms with van der Waals surface area (Å²) in [5, 5.41) is 9.26. The molecule has 140 valence electrons. The molecule has 1 aromatic carbocycles. The first kappa shape index (κ1) is 17.7. The van der Waals surface area contributed by atoms with E-state index in [0.717, 1.165) is 5.56 Å². The molecular formula is C19H15N5O3S. The quantitative estimate of drug-likeness (QED) is 0.506. The molecule has 3 aromatic heterocycles. The minimum atomic E-state index is -0.453. The van der Waals surface area contributed by atoms with E-state index in [1.54, 1.807) is 52.9 Å². The number of amides is 1. The third-order valence-corrected chi connectivity index (χ3v) is 4.77. The molecule has 4 rings (SSSR count). The molecule has 0 unspecified atom stereocenters. The fraction of sp³-hybridized carbons (Fsp3) is 0.0526. The third-order valence-electron chi connectivity index (χ3n) is 4.01. The maximum absolute atomic E-state index is 12.8. The summed E-state index contributed by atoms with van der Waals surface area (Å²) in [5.74, 6) is -0.735. The highest BCUT2D eigenvalue weighted by atomic mass is 32.1. The summed E-state index contributed by atoms with van der Waals surface area (Å²) in [6.45, 7) is 0. The van der Waals surface area contributed by atoms with E-state index >= 15 is 0 Å². The Labute approximate surface area is 163 Å². The van der Waals surface area contributed by atoms with Crippen LogP contribution in [0.25, 0.3) is 16.9 Å². The smallest absolute Gasteiger partial charge is 0.354 e. The Balaban J connectivity index is 1.54. The number of ether oxygens (including phenoxy) is 1. The Hall–Kier alpha value is -3.72. The molecule has 0 spiro atoms. The van der Waals surface area contributed by atoms with Crippen molar-refractivity contribution >= 4 is 28.3 Å². The van der Waals surface area contributed by atoms with Gasteiger partial charge in [0.15, 0.2) is 5.13 Å². The molecule has 0 aliphatic heterocycles. The number of benzene rings is 1. The molecule has 1 amide bonds. The van der Waals surface area contributed by atoms with Crippen molar-refractivity contribution < 1.29 is 14.3 Å². The second kappa shape index (κ2) is 7.49. The van der Waals surface area contributed by atoms with Crippen LogP contribution in [0.15, 0.2) is 60.4 Å². The summed E-state index contributed by atoms with van der Waals surface area (Å²) >= 11 is 1.30. The van der Waals surface area contributed by atoms with Crippen LogP contribution < -0.4 is 5.32 Å². The van der Waals surface area contributed by atoms with Crippen LogP contribution in [0.3, 0.4) is 0 Å². The van der Waals surface area contributed by atoms with Crippen LogP contribution in [0.1, 0.15) is 20.8 Å². The number of nitrogens with one attached hydrogen (secondary N) is 2. The largest absolute Gasteiger partial charge is 0.464 e. The molecule has 0 saturated carbocycles. The van der Waals surface area contributed by atoms with E-state index in [1.807, 2.05) is 12.1 Å². The van der Waals surface area contributed by atoms with Gasteiger partial charge < -0.3 is 9.72 Å². The van der Waals surface area contributed by atoms with E-state index in [9.17, 15) is 9.59 Å². The molecule has 8 nitrogen and oxygen atoms in total. The Morgan fingerprint density at radius 1 is 1.25 bits per heavy atom. The van der Waals surface area contributed by atoms with E-state index in [1.165, 1.54) is 18.4 Å². The molecule has 28 heavy (non-hydrogen) atoms. The van der Waals surface area contributed by atoms with Crippen molar-refractivity contribution in [2.45, 2.75) is 0 Å². The molecule has 0 radical (unpaired) electrons. The number of aromatic amines is 1. The molecule has 0 aliphatic rings. The number of esters is 1. The van der Waals surface area contributed by atoms with Gasteiger partial charge in [-0.05, 0) is 24.3 Å². The molecule has 4 aromatic rings. The van der Waals surface area contributed by atoms with Gasteiger partial charge in [0.05, 0.1) is 24.1 Å². The molecule has 0 aliphatic carbocycles. The van der Waals surface area contributed by atoms with Gasteiger partial charge in [0.25, 0.3) is 5.91 Å². The number of nitrogens with zero attached hydrogens (tertiary/aromatic N) is 3. The average Bonchev–Trinajstić information content (AvgIpc) is 3.48. The minimum absolute atomic E-state index is 0.281. The second-order valence-corrected chi connectivity index (χ2v) is 6.61. The Morgan fingerprint density at radius 3 is 2.89 bits per heavy atom.